The van der Waals surface area contributed by atoms with E-state index in [1.165, 1.54) is 25.9 Å². The topological polar surface area (TPSA) is 88.1 Å². The lowest BCUT2D eigenvalue weighted by Crippen LogP contribution is -2.49. The largest absolute Gasteiger partial charge is 0.493 e. The van der Waals surface area contributed by atoms with E-state index in [0.717, 1.165) is 35.2 Å². The molecule has 2 aromatic carbocycles. The van der Waals surface area contributed by atoms with Gasteiger partial charge in [-0.15, -0.1) is 0 Å². The number of methoxy groups -OCH3 is 1. The summed E-state index contributed by atoms with van der Waals surface area (Å²) in [6.07, 6.45) is 5.48. The van der Waals surface area contributed by atoms with Crippen LogP contribution in [0.1, 0.15) is 42.1 Å². The summed E-state index contributed by atoms with van der Waals surface area (Å²) in [5.74, 6) is 2.32. The van der Waals surface area contributed by atoms with Crippen molar-refractivity contribution in [2.24, 2.45) is 0 Å². The van der Waals surface area contributed by atoms with Gasteiger partial charge in [-0.2, -0.15) is 0 Å². The highest BCUT2D eigenvalue weighted by atomic mass is 16.5. The molecule has 0 unspecified atom stereocenters. The number of carbonyl (C=O) groups excluding carboxylic acids is 2. The van der Waals surface area contributed by atoms with E-state index in [2.05, 4.69) is 19.8 Å². The van der Waals surface area contributed by atoms with Crippen molar-refractivity contribution in [1.82, 2.24) is 19.8 Å². The molecule has 2 saturated heterocycles. The summed E-state index contributed by atoms with van der Waals surface area (Å²) in [6, 6.07) is 11.2. The molecular formula is C30H37N5O4. The summed E-state index contributed by atoms with van der Waals surface area (Å²) < 4.78 is 11.8. The van der Waals surface area contributed by atoms with Crippen LogP contribution in [-0.2, 0) is 11.2 Å². The third-order valence-electron chi connectivity index (χ3n) is 7.62. The maximum Gasteiger partial charge on any atom is 0.227 e. The Labute approximate surface area is 229 Å². The van der Waals surface area contributed by atoms with Gasteiger partial charge in [0.05, 0.1) is 25.7 Å². The zero-order chi connectivity index (χ0) is 27.2. The Hall–Kier alpha value is -3.72. The van der Waals surface area contributed by atoms with E-state index in [4.69, 9.17) is 9.47 Å². The van der Waals surface area contributed by atoms with Gasteiger partial charge in [-0.3, -0.25) is 9.59 Å². The third-order valence-corrected chi connectivity index (χ3v) is 7.62. The number of hydrogen-bond donors (Lipinski definition) is 0. The number of piperazine rings is 1. The summed E-state index contributed by atoms with van der Waals surface area (Å²) in [5, 5.41) is 0.907. The van der Waals surface area contributed by atoms with E-state index in [1.807, 2.05) is 29.2 Å². The normalized spacial score (nSPS) is 16.1. The fraction of sp³-hybridized carbons (Fsp3) is 0.467. The van der Waals surface area contributed by atoms with Gasteiger partial charge in [0.25, 0.3) is 0 Å². The van der Waals surface area contributed by atoms with Gasteiger partial charge < -0.3 is 24.2 Å². The molecule has 3 heterocycles. The van der Waals surface area contributed by atoms with Crippen LogP contribution in [0.5, 0.6) is 11.5 Å². The zero-order valence-corrected chi connectivity index (χ0v) is 22.9. The van der Waals surface area contributed by atoms with Crippen molar-refractivity contribution >= 4 is 28.4 Å². The Morgan fingerprint density at radius 1 is 0.923 bits per heavy atom. The van der Waals surface area contributed by atoms with E-state index in [-0.39, 0.29) is 11.7 Å². The summed E-state index contributed by atoms with van der Waals surface area (Å²) in [7, 11) is 1.65. The number of ketones is 1. The van der Waals surface area contributed by atoms with Gasteiger partial charge in [0.15, 0.2) is 17.3 Å². The highest BCUT2D eigenvalue weighted by molar-refractivity contribution is 5.94. The molecule has 39 heavy (non-hydrogen) atoms. The number of benzene rings is 2. The standard InChI is InChI=1S/C30H37N5O4/c1-22(36)24-8-6-23(7-9-24)18-29(37)34-13-15-35(16-14-34)30-25-19-27(38-2)28(20-26(25)31-21-32-30)39-17-5-12-33-10-3-4-11-33/h6-9,19-21H,3-5,10-18H2,1-2H3. The molecular weight excluding hydrogens is 494 g/mol. The van der Waals surface area contributed by atoms with Crippen molar-refractivity contribution in [2.75, 3.05) is 64.4 Å². The smallest absolute Gasteiger partial charge is 0.227 e. The number of hydrogen-bond acceptors (Lipinski definition) is 8. The predicted octanol–water partition coefficient (Wildman–Crippen LogP) is 3.60. The molecule has 9 heteroatoms. The molecule has 0 bridgehead atoms. The first-order chi connectivity index (χ1) is 19.0. The first kappa shape index (κ1) is 26.9. The molecule has 0 saturated carbocycles. The number of amides is 1. The van der Waals surface area contributed by atoms with E-state index in [1.54, 1.807) is 32.5 Å². The molecule has 2 fully saturated rings. The second-order valence-corrected chi connectivity index (χ2v) is 10.3. The summed E-state index contributed by atoms with van der Waals surface area (Å²) >= 11 is 0. The van der Waals surface area contributed by atoms with E-state index < -0.39 is 0 Å². The highest BCUT2D eigenvalue weighted by Gasteiger charge is 2.24. The van der Waals surface area contributed by atoms with Crippen molar-refractivity contribution in [1.29, 1.82) is 0 Å². The summed E-state index contributed by atoms with van der Waals surface area (Å²) in [6.45, 7) is 8.21. The van der Waals surface area contributed by atoms with E-state index >= 15 is 0 Å². The average molecular weight is 532 g/mol. The van der Waals surface area contributed by atoms with Gasteiger partial charge in [0.2, 0.25) is 5.91 Å². The molecule has 3 aromatic rings. The molecule has 5 rings (SSSR count). The molecule has 206 valence electrons. The van der Waals surface area contributed by atoms with Crippen LogP contribution in [0.4, 0.5) is 5.82 Å². The average Bonchev–Trinajstić information content (AvgIpc) is 3.48. The molecule has 0 spiro atoms. The molecule has 9 nitrogen and oxygen atoms in total. The van der Waals surface area contributed by atoms with Crippen LogP contribution in [-0.4, -0.2) is 91.0 Å². The Morgan fingerprint density at radius 2 is 1.67 bits per heavy atom. The Balaban J connectivity index is 1.20. The van der Waals surface area contributed by atoms with Crippen LogP contribution in [0.2, 0.25) is 0 Å². The fourth-order valence-electron chi connectivity index (χ4n) is 5.36. The lowest BCUT2D eigenvalue weighted by molar-refractivity contribution is -0.130. The Kier molecular flexibility index (Phi) is 8.56. The van der Waals surface area contributed by atoms with Gasteiger partial charge in [0.1, 0.15) is 12.1 Å². The van der Waals surface area contributed by atoms with Gasteiger partial charge in [0, 0.05) is 49.7 Å². The number of rotatable bonds is 10. The van der Waals surface area contributed by atoms with Crippen LogP contribution < -0.4 is 14.4 Å². The van der Waals surface area contributed by atoms with Crippen molar-refractivity contribution in [3.8, 4) is 11.5 Å². The van der Waals surface area contributed by atoms with Crippen LogP contribution in [0.15, 0.2) is 42.7 Å². The molecule has 2 aliphatic rings. The molecule has 0 N–H and O–H groups in total. The minimum atomic E-state index is 0.0236. The highest BCUT2D eigenvalue weighted by Crippen LogP contribution is 2.35. The van der Waals surface area contributed by atoms with Crippen LogP contribution in [0.25, 0.3) is 10.9 Å². The third kappa shape index (κ3) is 6.47. The number of likely N-dealkylation sites (tertiary alicyclic amines) is 1. The zero-order valence-electron chi connectivity index (χ0n) is 22.9. The van der Waals surface area contributed by atoms with Crippen molar-refractivity contribution < 1.29 is 19.1 Å². The number of fused-ring (bicyclic) bond motifs is 1. The van der Waals surface area contributed by atoms with Gasteiger partial charge >= 0.3 is 0 Å². The number of anilines is 1. The first-order valence-corrected chi connectivity index (χ1v) is 13.8. The number of Topliss-reactive ketones (excluding diaryl/α,β-unsaturated/α-hetero) is 1. The summed E-state index contributed by atoms with van der Waals surface area (Å²) in [4.78, 5) is 40.1. The number of ether oxygens (including phenoxy) is 2. The van der Waals surface area contributed by atoms with Crippen molar-refractivity contribution in [2.45, 2.75) is 32.6 Å². The summed E-state index contributed by atoms with van der Waals surface area (Å²) in [5.41, 5.74) is 2.38. The lowest BCUT2D eigenvalue weighted by Gasteiger charge is -2.36. The van der Waals surface area contributed by atoms with Crippen molar-refractivity contribution in [3.63, 3.8) is 0 Å². The lowest BCUT2D eigenvalue weighted by atomic mass is 10.1. The minimum absolute atomic E-state index is 0.0236. The number of aromatic nitrogens is 2. The first-order valence-electron chi connectivity index (χ1n) is 13.8. The minimum Gasteiger partial charge on any atom is -0.493 e. The predicted molar refractivity (Wildman–Crippen MR) is 151 cm³/mol. The van der Waals surface area contributed by atoms with Crippen LogP contribution in [0.3, 0.4) is 0 Å². The fourth-order valence-corrected chi connectivity index (χ4v) is 5.36. The molecule has 0 radical (unpaired) electrons. The van der Waals surface area contributed by atoms with E-state index in [9.17, 15) is 9.59 Å². The van der Waals surface area contributed by atoms with Crippen molar-refractivity contribution in [3.05, 3.63) is 53.9 Å². The molecule has 0 atom stereocenters. The number of carbonyl (C=O) groups is 2. The van der Waals surface area contributed by atoms with Gasteiger partial charge in [-0.05, 0) is 50.9 Å². The second kappa shape index (κ2) is 12.4. The molecule has 0 aliphatic carbocycles. The number of nitrogens with zero attached hydrogens (tertiary/aromatic N) is 5. The SMILES string of the molecule is COc1cc2c(N3CCN(C(=O)Cc4ccc(C(C)=O)cc4)CC3)ncnc2cc1OCCCN1CCCC1. The maximum absolute atomic E-state index is 12.9. The van der Waals surface area contributed by atoms with Gasteiger partial charge in [-0.25, -0.2) is 9.97 Å². The maximum atomic E-state index is 12.9. The van der Waals surface area contributed by atoms with Crippen LogP contribution >= 0.6 is 0 Å². The molecule has 1 aromatic heterocycles. The molecule has 1 amide bonds. The van der Waals surface area contributed by atoms with Gasteiger partial charge in [-0.1, -0.05) is 24.3 Å². The van der Waals surface area contributed by atoms with Crippen LogP contribution in [0, 0.1) is 0 Å². The van der Waals surface area contributed by atoms with E-state index in [0.29, 0.717) is 56.3 Å². The Morgan fingerprint density at radius 3 is 2.36 bits per heavy atom. The molecule has 2 aliphatic heterocycles. The Bertz CT molecular complexity index is 1300. The second-order valence-electron chi connectivity index (χ2n) is 10.3. The monoisotopic (exact) mass is 531 g/mol. The quantitative estimate of drug-likeness (QED) is 0.290.